The molecule has 1 aromatic rings. The zero-order chi connectivity index (χ0) is 10.1. The van der Waals surface area contributed by atoms with E-state index in [9.17, 15) is 13.6 Å². The van der Waals surface area contributed by atoms with Gasteiger partial charge in [0.25, 0.3) is 0 Å². The van der Waals surface area contributed by atoms with Crippen LogP contribution in [0.5, 0.6) is 0 Å². The van der Waals surface area contributed by atoms with Gasteiger partial charge in [0.15, 0.2) is 0 Å². The minimum Gasteiger partial charge on any atom is -0.288 e. The Hall–Kier alpha value is -1.32. The van der Waals surface area contributed by atoms with E-state index in [2.05, 4.69) is 4.98 Å². The highest BCUT2D eigenvalue weighted by Crippen LogP contribution is 2.38. The summed E-state index contributed by atoms with van der Waals surface area (Å²) >= 11 is 0. The van der Waals surface area contributed by atoms with Crippen LogP contribution in [-0.2, 0) is 0 Å². The molecule has 1 saturated carbocycles. The molecule has 1 aromatic heterocycles. The maximum Gasteiger partial charge on any atom is 0.300 e. The maximum absolute atomic E-state index is 12.0. The van der Waals surface area contributed by atoms with Crippen molar-refractivity contribution >= 4 is 5.78 Å². The van der Waals surface area contributed by atoms with Crippen LogP contribution in [0.15, 0.2) is 18.3 Å². The average Bonchev–Trinajstić information content (AvgIpc) is 3.00. The van der Waals surface area contributed by atoms with Crippen molar-refractivity contribution in [1.29, 1.82) is 0 Å². The summed E-state index contributed by atoms with van der Waals surface area (Å²) in [5.74, 6) is -0.675. The summed E-state index contributed by atoms with van der Waals surface area (Å²) < 4.78 is 24.0. The Morgan fingerprint density at radius 3 is 2.57 bits per heavy atom. The normalized spacial score (nSPS) is 15.9. The van der Waals surface area contributed by atoms with Gasteiger partial charge < -0.3 is 0 Å². The predicted molar refractivity (Wildman–Crippen MR) is 46.5 cm³/mol. The largest absolute Gasteiger partial charge is 0.300 e. The highest BCUT2D eigenvalue weighted by Gasteiger charge is 2.25. The molecule has 0 radical (unpaired) electrons. The number of Topliss-reactive ketones (excluding diaryl/α,β-unsaturated/α-hetero) is 1. The molecule has 0 atom stereocenters. The minimum absolute atomic E-state index is 0.00981. The molecule has 1 aliphatic rings. The van der Waals surface area contributed by atoms with Gasteiger partial charge in [-0.3, -0.25) is 9.78 Å². The molecule has 14 heavy (non-hydrogen) atoms. The molecule has 0 aromatic carbocycles. The van der Waals surface area contributed by atoms with Gasteiger partial charge in [0, 0.05) is 23.4 Å². The van der Waals surface area contributed by atoms with E-state index in [1.54, 1.807) is 6.07 Å². The van der Waals surface area contributed by atoms with Crippen LogP contribution in [0.1, 0.15) is 34.8 Å². The SMILES string of the molecule is O=C(c1ccc(C2CC2)nc1)C(F)F. The quantitative estimate of drug-likeness (QED) is 0.696. The summed E-state index contributed by atoms with van der Waals surface area (Å²) in [6.45, 7) is 0. The van der Waals surface area contributed by atoms with Crippen molar-refractivity contribution in [3.63, 3.8) is 0 Å². The first-order valence-electron chi connectivity index (χ1n) is 4.47. The number of carbonyl (C=O) groups excluding carboxylic acids is 1. The van der Waals surface area contributed by atoms with E-state index >= 15 is 0 Å². The van der Waals surface area contributed by atoms with Crippen LogP contribution in [0.2, 0.25) is 0 Å². The van der Waals surface area contributed by atoms with Gasteiger partial charge in [-0.2, -0.15) is 0 Å². The van der Waals surface area contributed by atoms with Gasteiger partial charge in [0.05, 0.1) is 0 Å². The van der Waals surface area contributed by atoms with Crippen molar-refractivity contribution in [1.82, 2.24) is 4.98 Å². The Balaban J connectivity index is 2.16. The van der Waals surface area contributed by atoms with Crippen molar-refractivity contribution in [2.75, 3.05) is 0 Å². The van der Waals surface area contributed by atoms with Gasteiger partial charge in [-0.15, -0.1) is 0 Å². The van der Waals surface area contributed by atoms with Crippen LogP contribution in [0.4, 0.5) is 8.78 Å². The molecule has 0 aliphatic heterocycles. The Morgan fingerprint density at radius 1 is 1.43 bits per heavy atom. The van der Waals surface area contributed by atoms with E-state index in [1.807, 2.05) is 0 Å². The topological polar surface area (TPSA) is 30.0 Å². The third-order valence-corrected chi connectivity index (χ3v) is 2.26. The van der Waals surface area contributed by atoms with Gasteiger partial charge >= 0.3 is 6.43 Å². The van der Waals surface area contributed by atoms with Crippen LogP contribution in [0, 0.1) is 0 Å². The molecule has 1 heterocycles. The first-order valence-corrected chi connectivity index (χ1v) is 4.47. The van der Waals surface area contributed by atoms with Gasteiger partial charge in [-0.25, -0.2) is 8.78 Å². The van der Waals surface area contributed by atoms with E-state index in [0.717, 1.165) is 18.5 Å². The number of rotatable bonds is 3. The molecule has 4 heteroatoms. The molecule has 0 amide bonds. The lowest BCUT2D eigenvalue weighted by molar-refractivity contribution is 0.0678. The van der Waals surface area contributed by atoms with E-state index in [-0.39, 0.29) is 5.56 Å². The molecule has 74 valence electrons. The number of hydrogen-bond acceptors (Lipinski definition) is 2. The van der Waals surface area contributed by atoms with Gasteiger partial charge in [0.1, 0.15) is 0 Å². The predicted octanol–water partition coefficient (Wildman–Crippen LogP) is 2.41. The Kier molecular flexibility index (Phi) is 2.27. The third kappa shape index (κ3) is 1.78. The van der Waals surface area contributed by atoms with Crippen molar-refractivity contribution in [3.05, 3.63) is 29.6 Å². The van der Waals surface area contributed by atoms with Gasteiger partial charge in [0.2, 0.25) is 5.78 Å². The molecular formula is C10H9F2NO. The minimum atomic E-state index is -2.94. The number of carbonyl (C=O) groups is 1. The zero-order valence-electron chi connectivity index (χ0n) is 7.41. The van der Waals surface area contributed by atoms with Crippen LogP contribution < -0.4 is 0 Å². The number of halogens is 2. The fourth-order valence-electron chi connectivity index (χ4n) is 1.30. The fraction of sp³-hybridized carbons (Fsp3) is 0.400. The first kappa shape index (κ1) is 9.24. The Morgan fingerprint density at radius 2 is 2.14 bits per heavy atom. The second kappa shape index (κ2) is 3.44. The smallest absolute Gasteiger partial charge is 0.288 e. The third-order valence-electron chi connectivity index (χ3n) is 2.26. The number of hydrogen-bond donors (Lipinski definition) is 0. The molecule has 2 rings (SSSR count). The lowest BCUT2D eigenvalue weighted by Crippen LogP contribution is -2.10. The average molecular weight is 197 g/mol. The van der Waals surface area contributed by atoms with Crippen LogP contribution in [0.25, 0.3) is 0 Å². The van der Waals surface area contributed by atoms with Crippen molar-refractivity contribution in [3.8, 4) is 0 Å². The van der Waals surface area contributed by atoms with Crippen molar-refractivity contribution in [2.45, 2.75) is 25.2 Å². The summed E-state index contributed by atoms with van der Waals surface area (Å²) in [5.41, 5.74) is 0.889. The fourth-order valence-corrected chi connectivity index (χ4v) is 1.30. The number of alkyl halides is 2. The number of nitrogens with zero attached hydrogens (tertiary/aromatic N) is 1. The highest BCUT2D eigenvalue weighted by atomic mass is 19.3. The summed E-state index contributed by atoms with van der Waals surface area (Å²) in [5, 5.41) is 0. The lowest BCUT2D eigenvalue weighted by Gasteiger charge is -2.00. The molecule has 0 bridgehead atoms. The second-order valence-corrected chi connectivity index (χ2v) is 3.41. The number of pyridine rings is 1. The monoisotopic (exact) mass is 197 g/mol. The molecular weight excluding hydrogens is 188 g/mol. The second-order valence-electron chi connectivity index (χ2n) is 3.41. The summed E-state index contributed by atoms with van der Waals surface area (Å²) in [6.07, 6.45) is 0.510. The van der Waals surface area contributed by atoms with Crippen LogP contribution >= 0.6 is 0 Å². The highest BCUT2D eigenvalue weighted by molar-refractivity contribution is 5.98. The summed E-state index contributed by atoms with van der Waals surface area (Å²) in [4.78, 5) is 14.8. The van der Waals surface area contributed by atoms with Crippen LogP contribution in [-0.4, -0.2) is 17.2 Å². The van der Waals surface area contributed by atoms with E-state index in [0.29, 0.717) is 5.92 Å². The molecule has 0 spiro atoms. The summed E-state index contributed by atoms with van der Waals surface area (Å²) in [7, 11) is 0. The Bertz CT molecular complexity index is 344. The molecule has 2 nitrogen and oxygen atoms in total. The lowest BCUT2D eigenvalue weighted by atomic mass is 10.1. The number of ketones is 1. The molecule has 0 saturated heterocycles. The van der Waals surface area contributed by atoms with E-state index < -0.39 is 12.2 Å². The van der Waals surface area contributed by atoms with Crippen LogP contribution in [0.3, 0.4) is 0 Å². The standard InChI is InChI=1S/C10H9F2NO/c11-10(12)9(14)7-3-4-8(13-5-7)6-1-2-6/h3-6,10H,1-2H2. The zero-order valence-corrected chi connectivity index (χ0v) is 7.41. The van der Waals surface area contributed by atoms with Crippen molar-refractivity contribution < 1.29 is 13.6 Å². The van der Waals surface area contributed by atoms with E-state index in [4.69, 9.17) is 0 Å². The molecule has 1 aliphatic carbocycles. The molecule has 0 unspecified atom stereocenters. The van der Waals surface area contributed by atoms with Gasteiger partial charge in [-0.05, 0) is 25.0 Å². The van der Waals surface area contributed by atoms with E-state index in [1.165, 1.54) is 12.3 Å². The van der Waals surface area contributed by atoms with Gasteiger partial charge in [-0.1, -0.05) is 0 Å². The first-order chi connectivity index (χ1) is 6.68. The van der Waals surface area contributed by atoms with Crippen molar-refractivity contribution in [2.24, 2.45) is 0 Å². The number of aromatic nitrogens is 1. The Labute approximate surface area is 80.0 Å². The molecule has 1 fully saturated rings. The maximum atomic E-state index is 12.0. The summed E-state index contributed by atoms with van der Waals surface area (Å²) in [6, 6.07) is 3.09. The molecule has 0 N–H and O–H groups in total.